The Bertz CT molecular complexity index is 2120. The molecule has 31 heteroatoms. The molecule has 62 heavy (non-hydrogen) atoms. The minimum Gasteiger partial charge on any atom is -0.756 e. The highest BCUT2D eigenvalue weighted by molar-refractivity contribution is 7.60. The topological polar surface area (TPSA) is 444 Å². The van der Waals surface area contributed by atoms with Gasteiger partial charge in [-0.3, -0.25) is 28.0 Å². The summed E-state index contributed by atoms with van der Waals surface area (Å²) in [6.45, 7) is -2.77. The second-order valence-electron chi connectivity index (χ2n) is 13.8. The number of hydrogen-bond acceptors (Lipinski definition) is 23. The predicted molar refractivity (Wildman–Crippen MR) is 201 cm³/mol. The van der Waals surface area contributed by atoms with Crippen molar-refractivity contribution in [1.29, 1.82) is 0 Å². The highest BCUT2D eigenvalue weighted by Crippen LogP contribution is 2.58. The Kier molecular flexibility index (Phi) is 16.9. The zero-order chi connectivity index (χ0) is 45.4. The number of phosphoric acid groups is 2. The Morgan fingerprint density at radius 2 is 1.58 bits per heavy atom. The van der Waals surface area contributed by atoms with E-state index in [1.165, 1.54) is 33.7 Å². The largest absolute Gasteiger partial charge is 0.756 e. The number of pyridine rings is 1. The zero-order valence-electron chi connectivity index (χ0n) is 32.3. The van der Waals surface area contributed by atoms with E-state index in [4.69, 9.17) is 25.5 Å². The van der Waals surface area contributed by atoms with Crippen LogP contribution in [-0.4, -0.2) is 174 Å². The molecule has 0 radical (unpaired) electrons. The van der Waals surface area contributed by atoms with Crippen LogP contribution in [0.5, 0.6) is 0 Å². The van der Waals surface area contributed by atoms with E-state index >= 15 is 0 Å². The van der Waals surface area contributed by atoms with E-state index < -0.39 is 108 Å². The van der Waals surface area contributed by atoms with E-state index in [0.29, 0.717) is 0 Å². The number of fused-ring (bicyclic) bond motifs is 1. The van der Waals surface area contributed by atoms with Crippen LogP contribution < -0.4 is 42.2 Å². The van der Waals surface area contributed by atoms with Crippen LogP contribution in [0, 0.1) is 0 Å². The van der Waals surface area contributed by atoms with Gasteiger partial charge in [0.25, 0.3) is 20.0 Å². The van der Waals surface area contributed by atoms with Crippen LogP contribution in [0.3, 0.4) is 0 Å². The highest BCUT2D eigenvalue weighted by atomic mass is 31.3. The van der Waals surface area contributed by atoms with Crippen LogP contribution in [0.15, 0.2) is 37.2 Å². The molecule has 15 N–H and O–H groups in total. The third-order valence-electron chi connectivity index (χ3n) is 9.13. The van der Waals surface area contributed by atoms with Crippen molar-refractivity contribution < 1.29 is 91.3 Å². The van der Waals surface area contributed by atoms with Crippen molar-refractivity contribution in [3.63, 3.8) is 0 Å². The standard InChI is InChI=1S/C31H47N11O18P2/c32-4-16(43)6-35-20(45)8-34-5-17(44)7-36-21(46)9-37-28-22-29(39-13-38-28)42(14-40-22)31-26(50)24(48)19(59-31)12-57-62(54,55)60-61(52,53)56-11-18-23(47)25(49)30(58-18)41-3-1-2-15(10-41)27(33)51/h1-3,10,13-14,16-19,23-26,30-31,34,43-44,47-50H,4-9,11-12,32H2,(H6-,33,35,36,37,38,39,45,46,51,52,53,54,55)/t16?,17?,18-,19-,23-,24-,25-,26-,30-,31-/m1/s1. The van der Waals surface area contributed by atoms with E-state index in [2.05, 4.69) is 45.1 Å². The average molecular weight is 924 g/mol. The van der Waals surface area contributed by atoms with Crippen molar-refractivity contribution >= 4 is 50.3 Å². The van der Waals surface area contributed by atoms with Crippen LogP contribution in [-0.2, 0) is 41.6 Å². The molecule has 3 amide bonds. The lowest BCUT2D eigenvalue weighted by molar-refractivity contribution is -0.765. The molecule has 2 saturated heterocycles. The van der Waals surface area contributed by atoms with E-state index in [1.807, 2.05) is 0 Å². The summed E-state index contributed by atoms with van der Waals surface area (Å²) >= 11 is 0. The minimum atomic E-state index is -5.71. The molecule has 3 aromatic rings. The van der Waals surface area contributed by atoms with Crippen LogP contribution in [0.2, 0.25) is 0 Å². The number of aliphatic hydroxyl groups is 6. The number of anilines is 1. The summed E-state index contributed by atoms with van der Waals surface area (Å²) in [4.78, 5) is 70.7. The summed E-state index contributed by atoms with van der Waals surface area (Å²) in [5, 5.41) is 72.3. The summed E-state index contributed by atoms with van der Waals surface area (Å²) in [5.74, 6) is -1.73. The lowest BCUT2D eigenvalue weighted by atomic mass is 10.1. The SMILES string of the molecule is NCC(O)CNC(=O)CNCC(O)CNC(=O)CNc1ncnc2c1ncn2[C@@H]1O[C@H](COP(=O)(O)OP(=O)([O-])OC[C@H]2O[C@@H]([n+]3cccc(C(N)=O)c3)[C@H](O)[C@@H]2O)[C@@H](O)[C@H]1O. The maximum Gasteiger partial charge on any atom is 0.478 e. The van der Waals surface area contributed by atoms with Crippen LogP contribution >= 0.6 is 15.6 Å². The number of ether oxygens (including phenoxy) is 2. The van der Waals surface area contributed by atoms with Gasteiger partial charge < -0.3 is 87.2 Å². The summed E-state index contributed by atoms with van der Waals surface area (Å²) in [5.41, 5.74) is 10.7. The number of nitrogens with two attached hydrogens (primary N) is 2. The number of aliphatic hydroxyl groups excluding tert-OH is 6. The van der Waals surface area contributed by atoms with Gasteiger partial charge in [0.05, 0.1) is 44.8 Å². The maximum absolute atomic E-state index is 12.6. The number of amides is 3. The summed E-state index contributed by atoms with van der Waals surface area (Å²) in [7, 11) is -11.2. The van der Waals surface area contributed by atoms with Crippen molar-refractivity contribution in [2.24, 2.45) is 11.5 Å². The van der Waals surface area contributed by atoms with Crippen molar-refractivity contribution in [2.75, 3.05) is 57.8 Å². The summed E-state index contributed by atoms with van der Waals surface area (Å²) in [6, 6.07) is 2.78. The van der Waals surface area contributed by atoms with Crippen LogP contribution in [0.4, 0.5) is 5.82 Å². The molecule has 0 spiro atoms. The first-order chi connectivity index (χ1) is 29.3. The number of rotatable bonds is 23. The van der Waals surface area contributed by atoms with Crippen molar-refractivity contribution in [3.05, 3.63) is 42.7 Å². The van der Waals surface area contributed by atoms with E-state index in [9.17, 15) is 63.9 Å². The molecule has 3 aromatic heterocycles. The minimum absolute atomic E-state index is 0.0189. The predicted octanol–water partition coefficient (Wildman–Crippen LogP) is -7.32. The van der Waals surface area contributed by atoms with Crippen LogP contribution in [0.25, 0.3) is 11.2 Å². The van der Waals surface area contributed by atoms with Crippen molar-refractivity contribution in [3.8, 4) is 0 Å². The second-order valence-corrected chi connectivity index (χ2v) is 16.8. The summed E-state index contributed by atoms with van der Waals surface area (Å²) in [6.07, 6.45) is -9.79. The number of carbonyl (C=O) groups excluding carboxylic acids is 3. The number of phosphoric ester groups is 2. The van der Waals surface area contributed by atoms with Gasteiger partial charge in [-0.1, -0.05) is 0 Å². The Balaban J connectivity index is 1.08. The third kappa shape index (κ3) is 12.9. The average Bonchev–Trinajstić information content (AvgIpc) is 3.88. The Morgan fingerprint density at radius 3 is 2.29 bits per heavy atom. The molecule has 4 unspecified atom stereocenters. The number of aromatic nitrogens is 5. The molecular formula is C31H47N11O18P2. The molecule has 2 aliphatic heterocycles. The van der Waals surface area contributed by atoms with E-state index in [0.717, 1.165) is 12.7 Å². The molecular weight excluding hydrogens is 876 g/mol. The van der Waals surface area contributed by atoms with Crippen molar-refractivity contribution in [2.45, 2.75) is 61.3 Å². The molecule has 5 heterocycles. The van der Waals surface area contributed by atoms with Gasteiger partial charge in [0.2, 0.25) is 11.8 Å². The quantitative estimate of drug-likeness (QED) is 0.0310. The fourth-order valence-corrected chi connectivity index (χ4v) is 7.99. The third-order valence-corrected chi connectivity index (χ3v) is 11.7. The number of carbonyl (C=O) groups is 3. The first-order valence-electron chi connectivity index (χ1n) is 18.5. The number of nitrogens with one attached hydrogen (secondary N) is 4. The molecule has 344 valence electrons. The normalized spacial score (nSPS) is 26.7. The smallest absolute Gasteiger partial charge is 0.478 e. The first-order valence-corrected chi connectivity index (χ1v) is 21.4. The molecule has 29 nitrogen and oxygen atoms in total. The molecule has 0 saturated carbocycles. The molecule has 2 fully saturated rings. The number of primary amides is 1. The monoisotopic (exact) mass is 923 g/mol. The van der Waals surface area contributed by atoms with E-state index in [-0.39, 0.29) is 61.8 Å². The zero-order valence-corrected chi connectivity index (χ0v) is 34.1. The lowest BCUT2D eigenvalue weighted by Crippen LogP contribution is -2.46. The molecule has 5 rings (SSSR count). The van der Waals surface area contributed by atoms with E-state index in [1.54, 1.807) is 0 Å². The fourth-order valence-electron chi connectivity index (χ4n) is 5.94. The molecule has 0 aliphatic carbocycles. The number of imidazole rings is 1. The highest BCUT2D eigenvalue weighted by Gasteiger charge is 2.49. The summed E-state index contributed by atoms with van der Waals surface area (Å²) < 4.78 is 52.2. The van der Waals surface area contributed by atoms with Gasteiger partial charge in [0.15, 0.2) is 41.7 Å². The van der Waals surface area contributed by atoms with Gasteiger partial charge in [-0.2, -0.15) is 4.57 Å². The second kappa shape index (κ2) is 21.4. The van der Waals surface area contributed by atoms with Gasteiger partial charge in [0.1, 0.15) is 42.4 Å². The fraction of sp³-hybridized carbons (Fsp3) is 0.581. The van der Waals surface area contributed by atoms with Gasteiger partial charge in [-0.15, -0.1) is 0 Å². The number of hydrogen-bond donors (Lipinski definition) is 13. The van der Waals surface area contributed by atoms with Gasteiger partial charge in [-0.05, 0) is 6.07 Å². The first kappa shape index (κ1) is 48.8. The lowest BCUT2D eigenvalue weighted by Gasteiger charge is -2.26. The maximum atomic E-state index is 12.6. The Labute approximate surface area is 350 Å². The van der Waals surface area contributed by atoms with Crippen molar-refractivity contribution in [1.82, 2.24) is 35.5 Å². The van der Waals surface area contributed by atoms with Gasteiger partial charge in [0, 0.05) is 32.2 Å². The molecule has 2 aliphatic rings. The molecule has 12 atom stereocenters. The molecule has 0 bridgehead atoms. The Morgan fingerprint density at radius 1 is 0.919 bits per heavy atom. The van der Waals surface area contributed by atoms with Gasteiger partial charge >= 0.3 is 7.82 Å². The number of nitrogens with zero attached hydrogens (tertiary/aromatic N) is 5. The Hall–Kier alpha value is -4.23. The van der Waals surface area contributed by atoms with Crippen LogP contribution in [0.1, 0.15) is 22.8 Å². The van der Waals surface area contributed by atoms with Gasteiger partial charge in [-0.25, -0.2) is 23.8 Å². The molecule has 0 aromatic carbocycles.